The van der Waals surface area contributed by atoms with Crippen LogP contribution in [0.3, 0.4) is 0 Å². The minimum Gasteiger partial charge on any atom is -0.480 e. The van der Waals surface area contributed by atoms with Crippen molar-refractivity contribution in [3.63, 3.8) is 0 Å². The zero-order valence-electron chi connectivity index (χ0n) is 11.6. The Morgan fingerprint density at radius 2 is 1.86 bits per heavy atom. The monoisotopic (exact) mass is 312 g/mol. The van der Waals surface area contributed by atoms with E-state index in [1.54, 1.807) is 13.8 Å². The van der Waals surface area contributed by atoms with Crippen molar-refractivity contribution in [1.82, 2.24) is 5.32 Å². The van der Waals surface area contributed by atoms with E-state index < -0.39 is 27.4 Å². The molecule has 1 aliphatic rings. The van der Waals surface area contributed by atoms with Crippen molar-refractivity contribution in [2.75, 3.05) is 0 Å². The van der Waals surface area contributed by atoms with Crippen molar-refractivity contribution < 1.29 is 23.1 Å². The SMILES string of the molecule is Cc1cc(C(=O)NC2(C(=O)O)CC2)cc(S(N)(=O)=O)c1C. The lowest BCUT2D eigenvalue weighted by atomic mass is 10.1. The fourth-order valence-corrected chi connectivity index (χ4v) is 2.94. The highest BCUT2D eigenvalue weighted by molar-refractivity contribution is 7.89. The van der Waals surface area contributed by atoms with Gasteiger partial charge in [-0.05, 0) is 49.9 Å². The molecule has 0 unspecified atom stereocenters. The first kappa shape index (κ1) is 15.5. The maximum Gasteiger partial charge on any atom is 0.329 e. The summed E-state index contributed by atoms with van der Waals surface area (Å²) in [5, 5.41) is 16.6. The van der Waals surface area contributed by atoms with Crippen LogP contribution in [0.4, 0.5) is 0 Å². The van der Waals surface area contributed by atoms with Gasteiger partial charge < -0.3 is 10.4 Å². The van der Waals surface area contributed by atoms with Crippen molar-refractivity contribution in [2.45, 2.75) is 37.1 Å². The Labute approximate surface area is 122 Å². The summed E-state index contributed by atoms with van der Waals surface area (Å²) in [4.78, 5) is 23.1. The van der Waals surface area contributed by atoms with Gasteiger partial charge in [0.25, 0.3) is 5.91 Å². The van der Waals surface area contributed by atoms with Crippen molar-refractivity contribution in [2.24, 2.45) is 5.14 Å². The zero-order valence-corrected chi connectivity index (χ0v) is 12.5. The molecule has 7 nitrogen and oxygen atoms in total. The number of aliphatic carboxylic acids is 1. The first-order chi connectivity index (χ1) is 9.57. The summed E-state index contributed by atoms with van der Waals surface area (Å²) in [5.41, 5.74) is -0.0904. The molecule has 1 aromatic carbocycles. The number of carbonyl (C=O) groups is 2. The second-order valence-electron chi connectivity index (χ2n) is 5.30. The van der Waals surface area contributed by atoms with Gasteiger partial charge in [0.1, 0.15) is 5.54 Å². The number of carboxylic acid groups (broad SMARTS) is 1. The molecule has 1 saturated carbocycles. The van der Waals surface area contributed by atoms with Crippen LogP contribution in [-0.2, 0) is 14.8 Å². The molecule has 4 N–H and O–H groups in total. The van der Waals surface area contributed by atoms with E-state index >= 15 is 0 Å². The quantitative estimate of drug-likeness (QED) is 0.737. The molecule has 0 saturated heterocycles. The Kier molecular flexibility index (Phi) is 3.54. The number of benzene rings is 1. The first-order valence-electron chi connectivity index (χ1n) is 6.27. The van der Waals surface area contributed by atoms with E-state index in [0.29, 0.717) is 24.0 Å². The van der Waals surface area contributed by atoms with E-state index in [1.165, 1.54) is 12.1 Å². The molecule has 0 radical (unpaired) electrons. The second kappa shape index (κ2) is 4.81. The maximum atomic E-state index is 12.1. The fraction of sp³-hybridized carbons (Fsp3) is 0.385. The smallest absolute Gasteiger partial charge is 0.329 e. The summed E-state index contributed by atoms with van der Waals surface area (Å²) < 4.78 is 23.1. The molecular formula is C13H16N2O5S. The summed E-state index contributed by atoms with van der Waals surface area (Å²) in [6.07, 6.45) is 0.724. The number of hydrogen-bond donors (Lipinski definition) is 3. The first-order valence-corrected chi connectivity index (χ1v) is 7.81. The Morgan fingerprint density at radius 3 is 2.29 bits per heavy atom. The molecule has 0 spiro atoms. The maximum absolute atomic E-state index is 12.1. The number of sulfonamides is 1. The summed E-state index contributed by atoms with van der Waals surface area (Å²) in [5.74, 6) is -1.71. The van der Waals surface area contributed by atoms with Crippen molar-refractivity contribution in [3.8, 4) is 0 Å². The highest BCUT2D eigenvalue weighted by atomic mass is 32.2. The molecule has 1 fully saturated rings. The Balaban J connectivity index is 2.39. The number of nitrogens with one attached hydrogen (secondary N) is 1. The van der Waals surface area contributed by atoms with Crippen LogP contribution in [0, 0.1) is 13.8 Å². The second-order valence-corrected chi connectivity index (χ2v) is 6.83. The number of hydrogen-bond acceptors (Lipinski definition) is 4. The van der Waals surface area contributed by atoms with Gasteiger partial charge in [-0.2, -0.15) is 0 Å². The number of primary sulfonamides is 1. The topological polar surface area (TPSA) is 127 Å². The van der Waals surface area contributed by atoms with Gasteiger partial charge in [-0.3, -0.25) is 4.79 Å². The van der Waals surface area contributed by atoms with Crippen LogP contribution in [0.1, 0.15) is 34.3 Å². The average Bonchev–Trinajstić information content (AvgIpc) is 3.11. The molecule has 0 atom stereocenters. The van der Waals surface area contributed by atoms with Gasteiger partial charge in [-0.1, -0.05) is 0 Å². The third-order valence-corrected chi connectivity index (χ3v) is 4.74. The number of carbonyl (C=O) groups excluding carboxylic acids is 1. The van der Waals surface area contributed by atoms with E-state index in [4.69, 9.17) is 10.2 Å². The fourth-order valence-electron chi connectivity index (χ4n) is 2.06. The Hall–Kier alpha value is -1.93. The Morgan fingerprint density at radius 1 is 1.29 bits per heavy atom. The lowest BCUT2D eigenvalue weighted by molar-refractivity contribution is -0.140. The normalized spacial score (nSPS) is 16.3. The van der Waals surface area contributed by atoms with E-state index in [0.717, 1.165) is 0 Å². The van der Waals surface area contributed by atoms with Crippen molar-refractivity contribution in [1.29, 1.82) is 0 Å². The van der Waals surface area contributed by atoms with Gasteiger partial charge >= 0.3 is 5.97 Å². The lowest BCUT2D eigenvalue weighted by Gasteiger charge is -2.14. The summed E-state index contributed by atoms with van der Waals surface area (Å²) in [6, 6.07) is 2.68. The number of carboxylic acids is 1. The van der Waals surface area contributed by atoms with Crippen LogP contribution in [-0.4, -0.2) is 30.9 Å². The summed E-state index contributed by atoms with van der Waals surface area (Å²) >= 11 is 0. The molecule has 1 aromatic rings. The largest absolute Gasteiger partial charge is 0.480 e. The molecule has 0 bridgehead atoms. The van der Waals surface area contributed by atoms with Crippen molar-refractivity contribution >= 4 is 21.9 Å². The van der Waals surface area contributed by atoms with E-state index in [9.17, 15) is 18.0 Å². The van der Waals surface area contributed by atoms with Gasteiger partial charge in [0.15, 0.2) is 0 Å². The van der Waals surface area contributed by atoms with Crippen LogP contribution in [0.5, 0.6) is 0 Å². The van der Waals surface area contributed by atoms with Crippen LogP contribution in [0.15, 0.2) is 17.0 Å². The van der Waals surface area contributed by atoms with Crippen LogP contribution >= 0.6 is 0 Å². The Bertz CT molecular complexity index is 735. The molecule has 21 heavy (non-hydrogen) atoms. The minimum atomic E-state index is -3.95. The third-order valence-electron chi connectivity index (χ3n) is 3.70. The van der Waals surface area contributed by atoms with Crippen LogP contribution < -0.4 is 10.5 Å². The number of aryl methyl sites for hydroxylation is 1. The third kappa shape index (κ3) is 2.91. The van der Waals surface area contributed by atoms with Crippen LogP contribution in [0.25, 0.3) is 0 Å². The van der Waals surface area contributed by atoms with Crippen LogP contribution in [0.2, 0.25) is 0 Å². The highest BCUT2D eigenvalue weighted by Crippen LogP contribution is 2.36. The van der Waals surface area contributed by atoms with Gasteiger partial charge in [-0.25, -0.2) is 18.4 Å². The molecule has 0 heterocycles. The standard InChI is InChI=1S/C13H16N2O5S/c1-7-5-9(6-10(8(7)2)21(14,19)20)11(16)15-13(3-4-13)12(17)18/h5-6H,3-4H2,1-2H3,(H,15,16)(H,17,18)(H2,14,19,20). The predicted molar refractivity (Wildman–Crippen MR) is 74.4 cm³/mol. The molecule has 1 aliphatic carbocycles. The molecule has 2 rings (SSSR count). The number of amides is 1. The number of nitrogens with two attached hydrogens (primary N) is 1. The molecular weight excluding hydrogens is 296 g/mol. The molecule has 114 valence electrons. The highest BCUT2D eigenvalue weighted by Gasteiger charge is 2.51. The molecule has 1 amide bonds. The van der Waals surface area contributed by atoms with Gasteiger partial charge in [-0.15, -0.1) is 0 Å². The predicted octanol–water partition coefficient (Wildman–Crippen LogP) is 0.298. The van der Waals surface area contributed by atoms with E-state index in [2.05, 4.69) is 5.32 Å². The van der Waals surface area contributed by atoms with Gasteiger partial charge in [0.05, 0.1) is 4.90 Å². The number of rotatable bonds is 4. The molecule has 0 aliphatic heterocycles. The summed E-state index contributed by atoms with van der Waals surface area (Å²) in [6.45, 7) is 3.25. The van der Waals surface area contributed by atoms with Gasteiger partial charge in [0, 0.05) is 5.56 Å². The van der Waals surface area contributed by atoms with E-state index in [-0.39, 0.29) is 10.5 Å². The molecule has 8 heteroatoms. The lowest BCUT2D eigenvalue weighted by Crippen LogP contribution is -2.43. The zero-order chi connectivity index (χ0) is 16.0. The summed E-state index contributed by atoms with van der Waals surface area (Å²) in [7, 11) is -3.95. The van der Waals surface area contributed by atoms with E-state index in [1.807, 2.05) is 0 Å². The minimum absolute atomic E-state index is 0.0784. The average molecular weight is 312 g/mol. The molecule has 0 aromatic heterocycles. The van der Waals surface area contributed by atoms with Crippen molar-refractivity contribution in [3.05, 3.63) is 28.8 Å². The van der Waals surface area contributed by atoms with Gasteiger partial charge in [0.2, 0.25) is 10.0 Å².